The summed E-state index contributed by atoms with van der Waals surface area (Å²) >= 11 is 0. The molecule has 1 aromatic rings. The lowest BCUT2D eigenvalue weighted by molar-refractivity contribution is 0.0722. The maximum absolute atomic E-state index is 9.65. The number of allylic oxidation sites excluding steroid dienone is 1. The van der Waals surface area contributed by atoms with Gasteiger partial charge in [0.25, 0.3) is 0 Å². The highest BCUT2D eigenvalue weighted by Crippen LogP contribution is 2.27. The molecule has 1 rings (SSSR count). The van der Waals surface area contributed by atoms with Crippen molar-refractivity contribution in [2.24, 2.45) is 0 Å². The van der Waals surface area contributed by atoms with Gasteiger partial charge in [-0.2, -0.15) is 0 Å². The van der Waals surface area contributed by atoms with E-state index in [1.54, 1.807) is 7.11 Å². The molecule has 0 heterocycles. The lowest BCUT2D eigenvalue weighted by Gasteiger charge is -2.15. The fourth-order valence-corrected chi connectivity index (χ4v) is 1.96. The van der Waals surface area contributed by atoms with Crippen LogP contribution in [0.3, 0.4) is 0 Å². The first kappa shape index (κ1) is 15.8. The second kappa shape index (κ2) is 6.76. The molecule has 2 nitrogen and oxygen atoms in total. The molecule has 0 atom stereocenters. The van der Waals surface area contributed by atoms with E-state index < -0.39 is 5.60 Å². The van der Waals surface area contributed by atoms with E-state index in [2.05, 4.69) is 38.1 Å². The SMILES string of the molecule is COc1ccc(/C=C/CCC(C)(C)O)cc1C(C)C. The van der Waals surface area contributed by atoms with Crippen LogP contribution in [0.5, 0.6) is 5.75 Å². The zero-order chi connectivity index (χ0) is 14.5. The van der Waals surface area contributed by atoms with Crippen LogP contribution in [-0.4, -0.2) is 17.8 Å². The molecule has 19 heavy (non-hydrogen) atoms. The molecule has 0 fully saturated rings. The Morgan fingerprint density at radius 1 is 1.32 bits per heavy atom. The molecule has 0 spiro atoms. The number of hydrogen-bond acceptors (Lipinski definition) is 2. The summed E-state index contributed by atoms with van der Waals surface area (Å²) in [5.41, 5.74) is 1.82. The Labute approximate surface area is 117 Å². The van der Waals surface area contributed by atoms with Crippen LogP contribution in [0.25, 0.3) is 6.08 Å². The predicted octanol–water partition coefficient (Wildman–Crippen LogP) is 4.38. The summed E-state index contributed by atoms with van der Waals surface area (Å²) in [6.45, 7) is 8.01. The van der Waals surface area contributed by atoms with Gasteiger partial charge < -0.3 is 9.84 Å². The third kappa shape index (κ3) is 5.48. The maximum atomic E-state index is 9.65. The molecule has 2 heteroatoms. The number of methoxy groups -OCH3 is 1. The minimum Gasteiger partial charge on any atom is -0.496 e. The molecule has 0 amide bonds. The molecular weight excluding hydrogens is 236 g/mol. The summed E-state index contributed by atoms with van der Waals surface area (Å²) in [5, 5.41) is 9.65. The van der Waals surface area contributed by atoms with Crippen LogP contribution < -0.4 is 4.74 Å². The van der Waals surface area contributed by atoms with E-state index in [0.29, 0.717) is 5.92 Å². The molecule has 0 aliphatic heterocycles. The van der Waals surface area contributed by atoms with Crippen LogP contribution in [0.4, 0.5) is 0 Å². The largest absolute Gasteiger partial charge is 0.496 e. The zero-order valence-electron chi connectivity index (χ0n) is 12.7. The summed E-state index contributed by atoms with van der Waals surface area (Å²) in [7, 11) is 1.71. The van der Waals surface area contributed by atoms with Gasteiger partial charge in [0.05, 0.1) is 12.7 Å². The van der Waals surface area contributed by atoms with Crippen molar-refractivity contribution in [3.05, 3.63) is 35.4 Å². The van der Waals surface area contributed by atoms with Crippen molar-refractivity contribution in [3.8, 4) is 5.75 Å². The van der Waals surface area contributed by atoms with Gasteiger partial charge in [0.2, 0.25) is 0 Å². The average molecular weight is 262 g/mol. The number of hydrogen-bond donors (Lipinski definition) is 1. The smallest absolute Gasteiger partial charge is 0.122 e. The molecule has 1 aromatic carbocycles. The first-order valence-electron chi connectivity index (χ1n) is 6.90. The zero-order valence-corrected chi connectivity index (χ0v) is 12.7. The van der Waals surface area contributed by atoms with Crippen LogP contribution in [0, 0.1) is 0 Å². The Kier molecular flexibility index (Phi) is 5.61. The van der Waals surface area contributed by atoms with Crippen LogP contribution in [0.1, 0.15) is 57.6 Å². The van der Waals surface area contributed by atoms with Gasteiger partial charge in [0, 0.05) is 0 Å². The number of rotatable bonds is 6. The van der Waals surface area contributed by atoms with Crippen molar-refractivity contribution in [1.29, 1.82) is 0 Å². The molecule has 0 saturated heterocycles. The second-order valence-corrected chi connectivity index (χ2v) is 5.91. The van der Waals surface area contributed by atoms with Crippen LogP contribution in [0.15, 0.2) is 24.3 Å². The van der Waals surface area contributed by atoms with E-state index in [4.69, 9.17) is 4.74 Å². The quantitative estimate of drug-likeness (QED) is 0.824. The van der Waals surface area contributed by atoms with Gasteiger partial charge >= 0.3 is 0 Å². The standard InChI is InChI=1S/C17H26O2/c1-13(2)15-12-14(9-10-16(15)19-5)8-6-7-11-17(3,4)18/h6,8-10,12-13,18H,7,11H2,1-5H3/b8-6+. The van der Waals surface area contributed by atoms with Crippen molar-refractivity contribution in [1.82, 2.24) is 0 Å². The van der Waals surface area contributed by atoms with Crippen molar-refractivity contribution in [2.45, 2.75) is 52.1 Å². The van der Waals surface area contributed by atoms with Gasteiger partial charge in [-0.1, -0.05) is 32.1 Å². The normalized spacial score (nSPS) is 12.4. The van der Waals surface area contributed by atoms with Crippen LogP contribution >= 0.6 is 0 Å². The van der Waals surface area contributed by atoms with Crippen molar-refractivity contribution < 1.29 is 9.84 Å². The van der Waals surface area contributed by atoms with Crippen molar-refractivity contribution in [2.75, 3.05) is 7.11 Å². The van der Waals surface area contributed by atoms with E-state index in [1.165, 1.54) is 11.1 Å². The number of ether oxygens (including phenoxy) is 1. The monoisotopic (exact) mass is 262 g/mol. The molecule has 0 aliphatic carbocycles. The second-order valence-electron chi connectivity index (χ2n) is 5.91. The minimum absolute atomic E-state index is 0.444. The van der Waals surface area contributed by atoms with Gasteiger partial charge in [-0.05, 0) is 55.9 Å². The van der Waals surface area contributed by atoms with Gasteiger partial charge in [-0.3, -0.25) is 0 Å². The van der Waals surface area contributed by atoms with E-state index >= 15 is 0 Å². The molecular formula is C17H26O2. The van der Waals surface area contributed by atoms with E-state index in [-0.39, 0.29) is 0 Å². The molecule has 0 radical (unpaired) electrons. The van der Waals surface area contributed by atoms with Crippen molar-refractivity contribution >= 4 is 6.08 Å². The van der Waals surface area contributed by atoms with Gasteiger partial charge in [-0.25, -0.2) is 0 Å². The summed E-state index contributed by atoms with van der Waals surface area (Å²) in [5.74, 6) is 1.39. The highest BCUT2D eigenvalue weighted by atomic mass is 16.5. The number of aliphatic hydroxyl groups is 1. The fraction of sp³-hybridized carbons (Fsp3) is 0.529. The summed E-state index contributed by atoms with van der Waals surface area (Å²) in [6, 6.07) is 6.25. The molecule has 0 saturated carbocycles. The Hall–Kier alpha value is -1.28. The number of benzene rings is 1. The Morgan fingerprint density at radius 2 is 2.00 bits per heavy atom. The molecule has 0 aromatic heterocycles. The summed E-state index contributed by atoms with van der Waals surface area (Å²) < 4.78 is 5.37. The Bertz CT molecular complexity index is 425. The lowest BCUT2D eigenvalue weighted by atomic mass is 9.98. The Balaban J connectivity index is 2.74. The lowest BCUT2D eigenvalue weighted by Crippen LogP contribution is -2.17. The highest BCUT2D eigenvalue weighted by Gasteiger charge is 2.10. The molecule has 1 N–H and O–H groups in total. The first-order valence-corrected chi connectivity index (χ1v) is 6.90. The van der Waals surface area contributed by atoms with E-state index in [1.807, 2.05) is 19.9 Å². The fourth-order valence-electron chi connectivity index (χ4n) is 1.96. The summed E-state index contributed by atoms with van der Waals surface area (Å²) in [4.78, 5) is 0. The topological polar surface area (TPSA) is 29.5 Å². The van der Waals surface area contributed by atoms with E-state index in [0.717, 1.165) is 18.6 Å². The van der Waals surface area contributed by atoms with Crippen molar-refractivity contribution in [3.63, 3.8) is 0 Å². The highest BCUT2D eigenvalue weighted by molar-refractivity contribution is 5.54. The molecule has 0 bridgehead atoms. The minimum atomic E-state index is -0.590. The molecule has 0 aliphatic rings. The van der Waals surface area contributed by atoms with Crippen LogP contribution in [-0.2, 0) is 0 Å². The maximum Gasteiger partial charge on any atom is 0.122 e. The molecule has 106 valence electrons. The van der Waals surface area contributed by atoms with E-state index in [9.17, 15) is 5.11 Å². The third-order valence-electron chi connectivity index (χ3n) is 3.11. The van der Waals surface area contributed by atoms with Crippen LogP contribution in [0.2, 0.25) is 0 Å². The van der Waals surface area contributed by atoms with Gasteiger partial charge in [0.15, 0.2) is 0 Å². The summed E-state index contributed by atoms with van der Waals surface area (Å²) in [6.07, 6.45) is 5.88. The third-order valence-corrected chi connectivity index (χ3v) is 3.11. The molecule has 0 unspecified atom stereocenters. The average Bonchev–Trinajstić information content (AvgIpc) is 2.33. The van der Waals surface area contributed by atoms with Gasteiger partial charge in [-0.15, -0.1) is 0 Å². The first-order chi connectivity index (χ1) is 8.83. The Morgan fingerprint density at radius 3 is 2.53 bits per heavy atom. The predicted molar refractivity (Wildman–Crippen MR) is 81.6 cm³/mol. The van der Waals surface area contributed by atoms with Gasteiger partial charge in [0.1, 0.15) is 5.75 Å².